The van der Waals surface area contributed by atoms with Crippen molar-refractivity contribution in [3.05, 3.63) is 0 Å². The van der Waals surface area contributed by atoms with Gasteiger partial charge in [0.2, 0.25) is 0 Å². The molecule has 0 amide bonds. The zero-order valence-corrected chi connectivity index (χ0v) is 10.8. The second-order valence-electron chi connectivity index (χ2n) is 4.87. The minimum Gasteiger partial charge on any atom is -0.309 e. The molecule has 1 nitrogen and oxygen atoms in total. The maximum Gasteiger partial charge on any atom is 0.0302 e. The van der Waals surface area contributed by atoms with Gasteiger partial charge in [0, 0.05) is 22.6 Å². The van der Waals surface area contributed by atoms with E-state index < -0.39 is 0 Å². The Morgan fingerprint density at radius 3 is 2.71 bits per heavy atom. The van der Waals surface area contributed by atoms with Crippen LogP contribution in [0.1, 0.15) is 33.1 Å². The summed E-state index contributed by atoms with van der Waals surface area (Å²) < 4.78 is 0.486. The van der Waals surface area contributed by atoms with Gasteiger partial charge in [0.25, 0.3) is 0 Å². The summed E-state index contributed by atoms with van der Waals surface area (Å²) in [6.07, 6.45) is 4.18. The molecule has 1 N–H and O–H groups in total. The maximum absolute atomic E-state index is 3.85. The molecule has 3 heteroatoms. The molecular formula is C11H21NS2. The third kappa shape index (κ3) is 2.61. The standard InChI is InChI=1S/C11H21NS2/c1-11(2)10(8-14-11)12-9-4-3-6-13-7-5-9/h9-10,12H,3-8H2,1-2H3. The maximum atomic E-state index is 3.85. The highest BCUT2D eigenvalue weighted by molar-refractivity contribution is 8.02. The predicted octanol–water partition coefficient (Wildman–Crippen LogP) is 2.76. The highest BCUT2D eigenvalue weighted by Crippen LogP contribution is 2.40. The lowest BCUT2D eigenvalue weighted by Gasteiger charge is -2.46. The van der Waals surface area contributed by atoms with Gasteiger partial charge in [-0.25, -0.2) is 0 Å². The van der Waals surface area contributed by atoms with E-state index in [1.165, 1.54) is 36.5 Å². The van der Waals surface area contributed by atoms with E-state index in [2.05, 4.69) is 42.7 Å². The van der Waals surface area contributed by atoms with E-state index in [4.69, 9.17) is 0 Å². The first-order chi connectivity index (χ1) is 6.68. The topological polar surface area (TPSA) is 12.0 Å². The summed E-state index contributed by atoms with van der Waals surface area (Å²) in [5, 5.41) is 3.85. The normalized spacial score (nSPS) is 37.3. The van der Waals surface area contributed by atoms with Crippen LogP contribution in [0.25, 0.3) is 0 Å². The SMILES string of the molecule is CC1(C)SCC1NC1CCCSCC1. The molecule has 0 aromatic carbocycles. The highest BCUT2D eigenvalue weighted by atomic mass is 32.2. The molecule has 2 aliphatic heterocycles. The van der Waals surface area contributed by atoms with Crippen LogP contribution < -0.4 is 5.32 Å². The fourth-order valence-electron chi connectivity index (χ4n) is 2.10. The van der Waals surface area contributed by atoms with Crippen LogP contribution >= 0.6 is 23.5 Å². The highest BCUT2D eigenvalue weighted by Gasteiger charge is 2.40. The number of thioether (sulfide) groups is 2. The minimum atomic E-state index is 0.486. The molecule has 0 spiro atoms. The van der Waals surface area contributed by atoms with Crippen LogP contribution in [0.15, 0.2) is 0 Å². The number of rotatable bonds is 2. The molecule has 0 aliphatic carbocycles. The number of nitrogens with one attached hydrogen (secondary N) is 1. The van der Waals surface area contributed by atoms with Crippen LogP contribution in [-0.2, 0) is 0 Å². The zero-order valence-electron chi connectivity index (χ0n) is 9.21. The Morgan fingerprint density at radius 1 is 1.21 bits per heavy atom. The Morgan fingerprint density at radius 2 is 2.07 bits per heavy atom. The molecule has 82 valence electrons. The molecule has 2 heterocycles. The van der Waals surface area contributed by atoms with Gasteiger partial charge >= 0.3 is 0 Å². The number of hydrogen-bond donors (Lipinski definition) is 1. The van der Waals surface area contributed by atoms with E-state index in [9.17, 15) is 0 Å². The summed E-state index contributed by atoms with van der Waals surface area (Å²) >= 11 is 4.22. The van der Waals surface area contributed by atoms with Crippen molar-refractivity contribution in [3.63, 3.8) is 0 Å². The molecule has 2 aliphatic rings. The second-order valence-corrected chi connectivity index (χ2v) is 7.77. The van der Waals surface area contributed by atoms with Gasteiger partial charge in [0.1, 0.15) is 0 Å². The quantitative estimate of drug-likeness (QED) is 0.785. The molecule has 0 radical (unpaired) electrons. The van der Waals surface area contributed by atoms with E-state index in [0.29, 0.717) is 4.75 Å². The van der Waals surface area contributed by atoms with Gasteiger partial charge < -0.3 is 5.32 Å². The van der Waals surface area contributed by atoms with Gasteiger partial charge in [0.05, 0.1) is 0 Å². The van der Waals surface area contributed by atoms with Crippen LogP contribution in [0.5, 0.6) is 0 Å². The molecule has 2 saturated heterocycles. The van der Waals surface area contributed by atoms with Gasteiger partial charge in [0.15, 0.2) is 0 Å². The van der Waals surface area contributed by atoms with Gasteiger partial charge in [-0.15, -0.1) is 0 Å². The smallest absolute Gasteiger partial charge is 0.0302 e. The Hall–Kier alpha value is 0.660. The van der Waals surface area contributed by atoms with E-state index in [-0.39, 0.29) is 0 Å². The van der Waals surface area contributed by atoms with Gasteiger partial charge in [-0.1, -0.05) is 0 Å². The summed E-state index contributed by atoms with van der Waals surface area (Å²) in [5.41, 5.74) is 0. The Bertz CT molecular complexity index is 186. The molecular weight excluding hydrogens is 210 g/mol. The van der Waals surface area contributed by atoms with E-state index >= 15 is 0 Å². The summed E-state index contributed by atoms with van der Waals surface area (Å²) in [5.74, 6) is 4.05. The fourth-order valence-corrected chi connectivity index (χ4v) is 4.29. The molecule has 2 atom stereocenters. The van der Waals surface area contributed by atoms with Crippen molar-refractivity contribution in [2.75, 3.05) is 17.3 Å². The average molecular weight is 231 g/mol. The fraction of sp³-hybridized carbons (Fsp3) is 1.00. The summed E-state index contributed by atoms with van der Waals surface area (Å²) in [7, 11) is 0. The summed E-state index contributed by atoms with van der Waals surface area (Å²) in [6, 6.07) is 1.57. The Kier molecular flexibility index (Phi) is 3.72. The second kappa shape index (κ2) is 4.67. The molecule has 0 saturated carbocycles. The summed E-state index contributed by atoms with van der Waals surface area (Å²) in [6.45, 7) is 4.73. The van der Waals surface area contributed by atoms with Crippen molar-refractivity contribution in [2.45, 2.75) is 49.9 Å². The molecule has 2 rings (SSSR count). The predicted molar refractivity (Wildman–Crippen MR) is 68.4 cm³/mol. The van der Waals surface area contributed by atoms with Crippen LogP contribution in [0.4, 0.5) is 0 Å². The Balaban J connectivity index is 1.78. The number of hydrogen-bond acceptors (Lipinski definition) is 3. The Labute approximate surface area is 96.2 Å². The van der Waals surface area contributed by atoms with Crippen molar-refractivity contribution in [3.8, 4) is 0 Å². The molecule has 2 fully saturated rings. The van der Waals surface area contributed by atoms with Crippen LogP contribution in [0.2, 0.25) is 0 Å². The van der Waals surface area contributed by atoms with Crippen LogP contribution in [-0.4, -0.2) is 34.1 Å². The first-order valence-corrected chi connectivity index (χ1v) is 7.80. The largest absolute Gasteiger partial charge is 0.309 e. The molecule has 0 bridgehead atoms. The van der Waals surface area contributed by atoms with Crippen molar-refractivity contribution in [2.24, 2.45) is 0 Å². The summed E-state index contributed by atoms with van der Waals surface area (Å²) in [4.78, 5) is 0. The average Bonchev–Trinajstić information content (AvgIpc) is 2.41. The molecule has 2 unspecified atom stereocenters. The molecule has 14 heavy (non-hydrogen) atoms. The van der Waals surface area contributed by atoms with E-state index in [0.717, 1.165) is 12.1 Å². The van der Waals surface area contributed by atoms with Crippen LogP contribution in [0.3, 0.4) is 0 Å². The van der Waals surface area contributed by atoms with Crippen LogP contribution in [0, 0.1) is 0 Å². The lowest BCUT2D eigenvalue weighted by Crippen LogP contribution is -2.57. The van der Waals surface area contributed by atoms with Gasteiger partial charge in [-0.3, -0.25) is 0 Å². The molecule has 0 aromatic heterocycles. The van der Waals surface area contributed by atoms with Crippen molar-refractivity contribution in [1.29, 1.82) is 0 Å². The zero-order chi connectivity index (χ0) is 10.0. The first-order valence-electron chi connectivity index (χ1n) is 5.66. The lowest BCUT2D eigenvalue weighted by atomic mass is 10.0. The third-order valence-corrected chi connectivity index (χ3v) is 5.98. The third-order valence-electron chi connectivity index (χ3n) is 3.35. The van der Waals surface area contributed by atoms with Crippen molar-refractivity contribution < 1.29 is 0 Å². The molecule has 0 aromatic rings. The van der Waals surface area contributed by atoms with Crippen molar-refractivity contribution in [1.82, 2.24) is 5.32 Å². The van der Waals surface area contributed by atoms with E-state index in [1.807, 2.05) is 0 Å². The minimum absolute atomic E-state index is 0.486. The van der Waals surface area contributed by atoms with Gasteiger partial charge in [-0.2, -0.15) is 23.5 Å². The van der Waals surface area contributed by atoms with E-state index in [1.54, 1.807) is 0 Å². The lowest BCUT2D eigenvalue weighted by molar-refractivity contribution is 0.360. The van der Waals surface area contributed by atoms with Crippen molar-refractivity contribution >= 4 is 23.5 Å². The first kappa shape index (κ1) is 11.2. The monoisotopic (exact) mass is 231 g/mol. The van der Waals surface area contributed by atoms with Gasteiger partial charge in [-0.05, 0) is 44.6 Å².